The molecular weight excluding hydrogens is 154 g/mol. The van der Waals surface area contributed by atoms with E-state index < -0.39 is 0 Å². The van der Waals surface area contributed by atoms with Gasteiger partial charge in [-0.25, -0.2) is 0 Å². The Morgan fingerprint density at radius 3 is 2.25 bits per heavy atom. The molecule has 1 N–H and O–H groups in total. The van der Waals surface area contributed by atoms with Gasteiger partial charge in [0, 0.05) is 6.04 Å². The van der Waals surface area contributed by atoms with Crippen molar-refractivity contribution in [3.8, 4) is 0 Å². The molecule has 0 saturated heterocycles. The number of carbonyl (C=O) groups excluding carboxylic acids is 1. The van der Waals surface area contributed by atoms with Crippen LogP contribution in [0, 0.1) is 0 Å². The molecule has 0 heterocycles. The van der Waals surface area contributed by atoms with Gasteiger partial charge in [-0.3, -0.25) is 4.79 Å². The van der Waals surface area contributed by atoms with Crippen molar-refractivity contribution in [2.45, 2.75) is 46.3 Å². The molecule has 0 aromatic rings. The fourth-order valence-electron chi connectivity index (χ4n) is 0.665. The molecule has 0 fully saturated rings. The van der Waals surface area contributed by atoms with Gasteiger partial charge in [0.25, 0.3) is 0 Å². The molecule has 0 spiro atoms. The van der Waals surface area contributed by atoms with E-state index in [0.717, 1.165) is 0 Å². The predicted molar refractivity (Wildman–Crippen MR) is 49.0 cm³/mol. The summed E-state index contributed by atoms with van der Waals surface area (Å²) in [7, 11) is 0. The van der Waals surface area contributed by atoms with E-state index in [1.54, 1.807) is 0 Å². The van der Waals surface area contributed by atoms with E-state index >= 15 is 0 Å². The minimum atomic E-state index is -0.379. The Morgan fingerprint density at radius 1 is 1.42 bits per heavy atom. The van der Waals surface area contributed by atoms with Crippen LogP contribution >= 0.6 is 0 Å². The van der Waals surface area contributed by atoms with Gasteiger partial charge in [0.2, 0.25) is 0 Å². The van der Waals surface area contributed by atoms with Crippen molar-refractivity contribution in [2.75, 3.05) is 6.54 Å². The highest BCUT2D eigenvalue weighted by molar-refractivity contribution is 5.72. The summed E-state index contributed by atoms with van der Waals surface area (Å²) in [5, 5.41) is 2.99. The summed E-state index contributed by atoms with van der Waals surface area (Å²) in [6.07, 6.45) is 0. The Hall–Kier alpha value is -0.570. The second kappa shape index (κ2) is 4.45. The summed E-state index contributed by atoms with van der Waals surface area (Å²) in [6.45, 7) is 9.85. The Bertz CT molecular complexity index is 147. The standard InChI is InChI=1S/C9H19NO2/c1-7(2)10-6-8(11)12-9(3,4)5/h7,10H,6H2,1-5H3. The summed E-state index contributed by atoms with van der Waals surface area (Å²) in [4.78, 5) is 11.1. The third-order valence-electron chi connectivity index (χ3n) is 1.07. The monoisotopic (exact) mass is 173 g/mol. The van der Waals surface area contributed by atoms with E-state index in [1.807, 2.05) is 34.6 Å². The number of rotatable bonds is 3. The third kappa shape index (κ3) is 7.54. The SMILES string of the molecule is CC(C)NCC(=O)OC(C)(C)C. The predicted octanol–water partition coefficient (Wildman–Crippen LogP) is 1.33. The largest absolute Gasteiger partial charge is 0.459 e. The van der Waals surface area contributed by atoms with Crippen molar-refractivity contribution in [1.29, 1.82) is 0 Å². The highest BCUT2D eigenvalue weighted by Crippen LogP contribution is 2.06. The number of carbonyl (C=O) groups is 1. The fraction of sp³-hybridized carbons (Fsp3) is 0.889. The van der Waals surface area contributed by atoms with E-state index in [0.29, 0.717) is 6.04 Å². The van der Waals surface area contributed by atoms with Gasteiger partial charge in [-0.2, -0.15) is 0 Å². The second-order valence-electron chi connectivity index (χ2n) is 4.12. The van der Waals surface area contributed by atoms with Crippen molar-refractivity contribution in [3.05, 3.63) is 0 Å². The van der Waals surface area contributed by atoms with Crippen LogP contribution in [0.1, 0.15) is 34.6 Å². The van der Waals surface area contributed by atoms with Crippen LogP contribution in [0.3, 0.4) is 0 Å². The summed E-state index contributed by atoms with van der Waals surface area (Å²) in [6, 6.07) is 0.317. The summed E-state index contributed by atoms with van der Waals surface area (Å²) in [5.41, 5.74) is -0.379. The Morgan fingerprint density at radius 2 is 1.92 bits per heavy atom. The zero-order valence-electron chi connectivity index (χ0n) is 8.60. The zero-order chi connectivity index (χ0) is 9.78. The molecule has 0 amide bonds. The minimum absolute atomic E-state index is 0.198. The molecule has 0 rings (SSSR count). The van der Waals surface area contributed by atoms with Crippen LogP contribution in [-0.4, -0.2) is 24.2 Å². The lowest BCUT2D eigenvalue weighted by atomic mass is 10.2. The van der Waals surface area contributed by atoms with Crippen molar-refractivity contribution in [1.82, 2.24) is 5.32 Å². The minimum Gasteiger partial charge on any atom is -0.459 e. The molecule has 0 aliphatic rings. The first-order valence-electron chi connectivity index (χ1n) is 4.26. The molecule has 0 aromatic heterocycles. The molecule has 3 heteroatoms. The number of esters is 1. The van der Waals surface area contributed by atoms with E-state index in [-0.39, 0.29) is 18.1 Å². The van der Waals surface area contributed by atoms with Gasteiger partial charge >= 0.3 is 5.97 Å². The average Bonchev–Trinajstić information content (AvgIpc) is 1.79. The quantitative estimate of drug-likeness (QED) is 0.654. The molecule has 0 radical (unpaired) electrons. The molecule has 0 aliphatic carbocycles. The van der Waals surface area contributed by atoms with Crippen molar-refractivity contribution < 1.29 is 9.53 Å². The molecule has 0 atom stereocenters. The van der Waals surface area contributed by atoms with Crippen LogP contribution in [0.25, 0.3) is 0 Å². The molecule has 3 nitrogen and oxygen atoms in total. The topological polar surface area (TPSA) is 38.3 Å². The van der Waals surface area contributed by atoms with E-state index in [9.17, 15) is 4.79 Å². The number of ether oxygens (including phenoxy) is 1. The summed E-state index contributed by atoms with van der Waals surface area (Å²) < 4.78 is 5.09. The lowest BCUT2D eigenvalue weighted by molar-refractivity contribution is -0.153. The molecule has 0 saturated carbocycles. The van der Waals surface area contributed by atoms with Crippen molar-refractivity contribution in [3.63, 3.8) is 0 Å². The molecule has 0 unspecified atom stereocenters. The number of hydrogen-bond donors (Lipinski definition) is 1. The molecule has 0 aromatic carbocycles. The zero-order valence-corrected chi connectivity index (χ0v) is 8.60. The highest BCUT2D eigenvalue weighted by atomic mass is 16.6. The highest BCUT2D eigenvalue weighted by Gasteiger charge is 2.15. The Kier molecular flexibility index (Phi) is 4.24. The lowest BCUT2D eigenvalue weighted by Gasteiger charge is -2.20. The van der Waals surface area contributed by atoms with Crippen molar-refractivity contribution in [2.24, 2.45) is 0 Å². The van der Waals surface area contributed by atoms with E-state index in [2.05, 4.69) is 5.32 Å². The normalized spacial score (nSPS) is 11.8. The molecule has 0 aliphatic heterocycles. The first-order chi connectivity index (χ1) is 5.31. The number of nitrogens with one attached hydrogen (secondary N) is 1. The Labute approximate surface area is 74.5 Å². The van der Waals surface area contributed by atoms with E-state index in [1.165, 1.54) is 0 Å². The summed E-state index contributed by atoms with van der Waals surface area (Å²) in [5.74, 6) is -0.198. The molecule has 12 heavy (non-hydrogen) atoms. The van der Waals surface area contributed by atoms with Crippen LogP contribution in [0.2, 0.25) is 0 Å². The van der Waals surface area contributed by atoms with Crippen molar-refractivity contribution >= 4 is 5.97 Å². The van der Waals surface area contributed by atoms with Crippen LogP contribution in [0.4, 0.5) is 0 Å². The number of hydrogen-bond acceptors (Lipinski definition) is 3. The van der Waals surface area contributed by atoms with Gasteiger partial charge < -0.3 is 10.1 Å². The van der Waals surface area contributed by atoms with Gasteiger partial charge in [-0.1, -0.05) is 13.8 Å². The average molecular weight is 173 g/mol. The molecular formula is C9H19NO2. The Balaban J connectivity index is 3.61. The molecule has 72 valence electrons. The second-order valence-corrected chi connectivity index (χ2v) is 4.12. The van der Waals surface area contributed by atoms with Crippen LogP contribution < -0.4 is 5.32 Å². The summed E-state index contributed by atoms with van der Waals surface area (Å²) >= 11 is 0. The first kappa shape index (κ1) is 11.4. The maximum atomic E-state index is 11.1. The maximum Gasteiger partial charge on any atom is 0.320 e. The van der Waals surface area contributed by atoms with Crippen LogP contribution in [0.15, 0.2) is 0 Å². The fourth-order valence-corrected chi connectivity index (χ4v) is 0.665. The van der Waals surface area contributed by atoms with E-state index in [4.69, 9.17) is 4.74 Å². The first-order valence-corrected chi connectivity index (χ1v) is 4.26. The third-order valence-corrected chi connectivity index (χ3v) is 1.07. The maximum absolute atomic E-state index is 11.1. The van der Waals surface area contributed by atoms with Crippen LogP contribution in [-0.2, 0) is 9.53 Å². The molecule has 0 bridgehead atoms. The van der Waals surface area contributed by atoms with Gasteiger partial charge in [-0.05, 0) is 20.8 Å². The lowest BCUT2D eigenvalue weighted by Crippen LogP contribution is -2.34. The van der Waals surface area contributed by atoms with Gasteiger partial charge in [-0.15, -0.1) is 0 Å². The van der Waals surface area contributed by atoms with Gasteiger partial charge in [0.05, 0.1) is 6.54 Å². The van der Waals surface area contributed by atoms with Crippen LogP contribution in [0.5, 0.6) is 0 Å². The smallest absolute Gasteiger partial charge is 0.320 e. The van der Waals surface area contributed by atoms with Gasteiger partial charge in [0.1, 0.15) is 5.60 Å². The van der Waals surface area contributed by atoms with Gasteiger partial charge in [0.15, 0.2) is 0 Å².